The van der Waals surface area contributed by atoms with Gasteiger partial charge in [0.05, 0.1) is 27.2 Å². The van der Waals surface area contributed by atoms with E-state index in [-0.39, 0.29) is 12.3 Å². The van der Waals surface area contributed by atoms with E-state index >= 15 is 0 Å². The van der Waals surface area contributed by atoms with Gasteiger partial charge in [-0.3, -0.25) is 9.69 Å². The number of ether oxygens (including phenoxy) is 3. The predicted octanol–water partition coefficient (Wildman–Crippen LogP) is 3.48. The maximum atomic E-state index is 12.3. The third-order valence-corrected chi connectivity index (χ3v) is 3.89. The van der Waals surface area contributed by atoms with Crippen LogP contribution in [0.4, 0.5) is 16.2 Å². The summed E-state index contributed by atoms with van der Waals surface area (Å²) >= 11 is 0. The maximum Gasteiger partial charge on any atom is 0.413 e. The van der Waals surface area contributed by atoms with Gasteiger partial charge < -0.3 is 19.5 Å². The minimum atomic E-state index is -0.428. The Bertz CT molecular complexity index is 789. The Kier molecular flexibility index (Phi) is 7.05. The monoisotopic (exact) mass is 372 g/mol. The van der Waals surface area contributed by atoms with Gasteiger partial charge in [-0.25, -0.2) is 4.79 Å². The van der Waals surface area contributed by atoms with Gasteiger partial charge in [0.2, 0.25) is 5.91 Å². The summed E-state index contributed by atoms with van der Waals surface area (Å²) in [5.74, 6) is 1.03. The van der Waals surface area contributed by atoms with Crippen LogP contribution in [0.3, 0.4) is 0 Å². The molecule has 0 spiro atoms. The summed E-state index contributed by atoms with van der Waals surface area (Å²) in [5.41, 5.74) is 2.12. The molecule has 0 bridgehead atoms. The number of hydrogen-bond acceptors (Lipinski definition) is 5. The Morgan fingerprint density at radius 2 is 1.67 bits per heavy atom. The molecule has 1 N–H and O–H groups in total. The lowest BCUT2D eigenvalue weighted by Crippen LogP contribution is -2.26. The lowest BCUT2D eigenvalue weighted by molar-refractivity contribution is -0.115. The zero-order valence-electron chi connectivity index (χ0n) is 15.9. The van der Waals surface area contributed by atoms with Gasteiger partial charge in [-0.2, -0.15) is 0 Å². The van der Waals surface area contributed by atoms with E-state index in [1.54, 1.807) is 64.6 Å². The van der Waals surface area contributed by atoms with Crippen molar-refractivity contribution >= 4 is 23.4 Å². The summed E-state index contributed by atoms with van der Waals surface area (Å²) in [7, 11) is 4.74. The molecule has 2 aromatic carbocycles. The first-order chi connectivity index (χ1) is 13.0. The number of nitrogens with zero attached hydrogens (tertiary/aromatic N) is 1. The highest BCUT2D eigenvalue weighted by Crippen LogP contribution is 2.27. The number of benzene rings is 2. The second kappa shape index (κ2) is 9.47. The zero-order valence-corrected chi connectivity index (χ0v) is 15.9. The largest absolute Gasteiger partial charge is 0.493 e. The molecule has 0 heterocycles. The van der Waals surface area contributed by atoms with Crippen LogP contribution in [0.25, 0.3) is 0 Å². The Balaban J connectivity index is 1.99. The lowest BCUT2D eigenvalue weighted by Gasteiger charge is -2.17. The van der Waals surface area contributed by atoms with Crippen molar-refractivity contribution in [2.24, 2.45) is 0 Å². The molecule has 2 amide bonds. The molecule has 2 rings (SSSR count). The van der Waals surface area contributed by atoms with Crippen LogP contribution in [0.1, 0.15) is 12.5 Å². The molecule has 0 radical (unpaired) electrons. The third-order valence-electron chi connectivity index (χ3n) is 3.89. The van der Waals surface area contributed by atoms with Crippen molar-refractivity contribution in [2.45, 2.75) is 13.3 Å². The van der Waals surface area contributed by atoms with Crippen LogP contribution >= 0.6 is 0 Å². The number of rotatable bonds is 7. The number of carbonyl (C=O) groups excluding carboxylic acids is 2. The van der Waals surface area contributed by atoms with Crippen LogP contribution in [-0.2, 0) is 16.0 Å². The van der Waals surface area contributed by atoms with Gasteiger partial charge in [-0.1, -0.05) is 6.07 Å². The van der Waals surface area contributed by atoms with E-state index < -0.39 is 6.09 Å². The van der Waals surface area contributed by atoms with Crippen molar-refractivity contribution in [1.82, 2.24) is 0 Å². The highest BCUT2D eigenvalue weighted by atomic mass is 16.6. The summed E-state index contributed by atoms with van der Waals surface area (Å²) in [4.78, 5) is 25.4. The highest BCUT2D eigenvalue weighted by molar-refractivity contribution is 5.93. The molecule has 0 aromatic heterocycles. The van der Waals surface area contributed by atoms with E-state index in [2.05, 4.69) is 5.32 Å². The first-order valence-electron chi connectivity index (χ1n) is 8.49. The second-order valence-electron chi connectivity index (χ2n) is 5.72. The van der Waals surface area contributed by atoms with Crippen LogP contribution in [0, 0.1) is 0 Å². The fourth-order valence-electron chi connectivity index (χ4n) is 2.48. The van der Waals surface area contributed by atoms with Crippen molar-refractivity contribution in [2.75, 3.05) is 38.1 Å². The summed E-state index contributed by atoms with van der Waals surface area (Å²) in [6, 6.07) is 12.3. The van der Waals surface area contributed by atoms with Gasteiger partial charge in [0.1, 0.15) is 0 Å². The second-order valence-corrected chi connectivity index (χ2v) is 5.72. The van der Waals surface area contributed by atoms with Gasteiger partial charge in [-0.15, -0.1) is 0 Å². The van der Waals surface area contributed by atoms with E-state index in [9.17, 15) is 9.59 Å². The molecule has 144 valence electrons. The molecule has 0 unspecified atom stereocenters. The molecule has 2 aromatic rings. The van der Waals surface area contributed by atoms with Crippen LogP contribution < -0.4 is 19.7 Å². The molecule has 0 aliphatic rings. The van der Waals surface area contributed by atoms with Crippen LogP contribution in [0.5, 0.6) is 11.5 Å². The Morgan fingerprint density at radius 3 is 2.26 bits per heavy atom. The number of amides is 2. The molecule has 27 heavy (non-hydrogen) atoms. The Hall–Kier alpha value is -3.22. The topological polar surface area (TPSA) is 77.1 Å². The molecular weight excluding hydrogens is 348 g/mol. The molecule has 0 atom stereocenters. The fraction of sp³-hybridized carbons (Fsp3) is 0.300. The number of hydrogen-bond donors (Lipinski definition) is 1. The molecule has 0 saturated heterocycles. The van der Waals surface area contributed by atoms with Crippen molar-refractivity contribution in [3.63, 3.8) is 0 Å². The van der Waals surface area contributed by atoms with Crippen molar-refractivity contribution in [3.05, 3.63) is 48.0 Å². The number of nitrogens with one attached hydrogen (secondary N) is 1. The van der Waals surface area contributed by atoms with Gasteiger partial charge >= 0.3 is 6.09 Å². The fourth-order valence-corrected chi connectivity index (χ4v) is 2.48. The summed E-state index contributed by atoms with van der Waals surface area (Å²) in [6.07, 6.45) is -0.229. The predicted molar refractivity (Wildman–Crippen MR) is 104 cm³/mol. The molecule has 0 saturated carbocycles. The molecule has 0 aliphatic carbocycles. The molecule has 0 aliphatic heterocycles. The Morgan fingerprint density at radius 1 is 1.00 bits per heavy atom. The maximum absolute atomic E-state index is 12.3. The molecular formula is C20H24N2O5. The van der Waals surface area contributed by atoms with Crippen molar-refractivity contribution in [3.8, 4) is 11.5 Å². The lowest BCUT2D eigenvalue weighted by atomic mass is 10.1. The summed E-state index contributed by atoms with van der Waals surface area (Å²) in [5, 5.41) is 2.83. The SMILES string of the molecule is CCOC(=O)N(C)c1ccc(NC(=O)Cc2ccc(OC)c(OC)c2)cc1. The normalized spacial score (nSPS) is 10.1. The van der Waals surface area contributed by atoms with Gasteiger partial charge in [0.25, 0.3) is 0 Å². The number of carbonyl (C=O) groups is 2. The quantitative estimate of drug-likeness (QED) is 0.805. The molecule has 0 fully saturated rings. The minimum Gasteiger partial charge on any atom is -0.493 e. The first-order valence-corrected chi connectivity index (χ1v) is 8.49. The summed E-state index contributed by atoms with van der Waals surface area (Å²) in [6.45, 7) is 2.07. The van der Waals surface area contributed by atoms with Gasteiger partial charge in [0.15, 0.2) is 11.5 Å². The Labute approximate surface area is 158 Å². The van der Waals surface area contributed by atoms with E-state index in [1.165, 1.54) is 4.90 Å². The van der Waals surface area contributed by atoms with Crippen LogP contribution in [-0.4, -0.2) is 39.9 Å². The number of anilines is 2. The van der Waals surface area contributed by atoms with Crippen LogP contribution in [0.15, 0.2) is 42.5 Å². The van der Waals surface area contributed by atoms with E-state index in [1.807, 2.05) is 6.07 Å². The van der Waals surface area contributed by atoms with Crippen molar-refractivity contribution < 1.29 is 23.8 Å². The van der Waals surface area contributed by atoms with Crippen LogP contribution in [0.2, 0.25) is 0 Å². The van der Waals surface area contributed by atoms with E-state index in [4.69, 9.17) is 14.2 Å². The molecule has 7 heteroatoms. The molecule has 7 nitrogen and oxygen atoms in total. The van der Waals surface area contributed by atoms with Crippen molar-refractivity contribution in [1.29, 1.82) is 0 Å². The van der Waals surface area contributed by atoms with Gasteiger partial charge in [-0.05, 0) is 48.9 Å². The zero-order chi connectivity index (χ0) is 19.8. The highest BCUT2D eigenvalue weighted by Gasteiger charge is 2.12. The third kappa shape index (κ3) is 5.37. The van der Waals surface area contributed by atoms with Gasteiger partial charge in [0, 0.05) is 18.4 Å². The first kappa shape index (κ1) is 20.1. The average molecular weight is 372 g/mol. The number of methoxy groups -OCH3 is 2. The van der Waals surface area contributed by atoms with E-state index in [0.29, 0.717) is 29.5 Å². The standard InChI is InChI=1S/C20H24N2O5/c1-5-27-20(24)22(2)16-9-7-15(8-10-16)21-19(23)13-14-6-11-17(25-3)18(12-14)26-4/h6-12H,5,13H2,1-4H3,(H,21,23). The minimum absolute atomic E-state index is 0.159. The van der Waals surface area contributed by atoms with E-state index in [0.717, 1.165) is 5.56 Å². The summed E-state index contributed by atoms with van der Waals surface area (Å²) < 4.78 is 15.4. The smallest absolute Gasteiger partial charge is 0.413 e. The average Bonchev–Trinajstić information content (AvgIpc) is 2.68.